The molecule has 6 atom stereocenters. The van der Waals surface area contributed by atoms with Crippen LogP contribution in [0.25, 0.3) is 0 Å². The van der Waals surface area contributed by atoms with Gasteiger partial charge in [0.2, 0.25) is 0 Å². The van der Waals surface area contributed by atoms with Crippen LogP contribution in [0.4, 0.5) is 0 Å². The van der Waals surface area contributed by atoms with Gasteiger partial charge in [0.15, 0.2) is 5.78 Å². The minimum absolute atomic E-state index is 0.0890. The van der Waals surface area contributed by atoms with Gasteiger partial charge in [-0.2, -0.15) is 0 Å². The maximum Gasteiger partial charge on any atom is 0.178 e. The summed E-state index contributed by atoms with van der Waals surface area (Å²) in [6, 6.07) is 0. The molecule has 0 bridgehead atoms. The second kappa shape index (κ2) is 4.32. The van der Waals surface area contributed by atoms with Crippen molar-refractivity contribution in [1.29, 1.82) is 0 Å². The third kappa shape index (κ3) is 1.84. The standard InChI is InChI=1S/C19H26O2/c1-18-7-6-16-15(17(18)10-14(21)11-18)4-3-12-9-13(20)5-8-19(12,16)2/h5,8-9,14-17,21H,3-4,6-7,10-11H2,1-2H3/t14-,15+,16-,17-,18+,19-/m0/s1. The van der Waals surface area contributed by atoms with Gasteiger partial charge >= 0.3 is 0 Å². The van der Waals surface area contributed by atoms with E-state index >= 15 is 0 Å². The number of rotatable bonds is 0. The Morgan fingerprint density at radius 3 is 2.86 bits per heavy atom. The topological polar surface area (TPSA) is 37.3 Å². The van der Waals surface area contributed by atoms with E-state index in [0.29, 0.717) is 17.3 Å². The predicted octanol–water partition coefficient (Wildman–Crippen LogP) is 3.66. The van der Waals surface area contributed by atoms with Crippen LogP contribution in [0.15, 0.2) is 23.8 Å². The summed E-state index contributed by atoms with van der Waals surface area (Å²) in [5.74, 6) is 2.22. The molecule has 0 aromatic rings. The molecule has 0 unspecified atom stereocenters. The molecule has 0 saturated heterocycles. The molecule has 4 aliphatic rings. The van der Waals surface area contributed by atoms with E-state index in [1.165, 1.54) is 24.8 Å². The normalized spacial score (nSPS) is 52.0. The van der Waals surface area contributed by atoms with Gasteiger partial charge in [-0.1, -0.05) is 25.5 Å². The van der Waals surface area contributed by atoms with Crippen LogP contribution in [0.1, 0.15) is 52.4 Å². The Hall–Kier alpha value is -0.890. The van der Waals surface area contributed by atoms with E-state index in [0.717, 1.165) is 25.2 Å². The summed E-state index contributed by atoms with van der Waals surface area (Å²) in [7, 11) is 0. The van der Waals surface area contributed by atoms with E-state index in [2.05, 4.69) is 19.9 Å². The largest absolute Gasteiger partial charge is 0.393 e. The molecule has 21 heavy (non-hydrogen) atoms. The molecule has 2 heteroatoms. The number of aliphatic hydroxyl groups is 1. The van der Waals surface area contributed by atoms with Gasteiger partial charge in [0.1, 0.15) is 0 Å². The molecule has 0 amide bonds. The fraction of sp³-hybridized carbons (Fsp3) is 0.737. The minimum Gasteiger partial charge on any atom is -0.393 e. The van der Waals surface area contributed by atoms with Crippen molar-refractivity contribution in [2.45, 2.75) is 58.5 Å². The number of hydrogen-bond acceptors (Lipinski definition) is 2. The van der Waals surface area contributed by atoms with Crippen molar-refractivity contribution < 1.29 is 9.90 Å². The number of hydrogen-bond donors (Lipinski definition) is 1. The lowest BCUT2D eigenvalue weighted by molar-refractivity contribution is -0.111. The monoisotopic (exact) mass is 286 g/mol. The molecular weight excluding hydrogens is 260 g/mol. The van der Waals surface area contributed by atoms with Crippen molar-refractivity contribution in [2.75, 3.05) is 0 Å². The fourth-order valence-corrected chi connectivity index (χ4v) is 6.22. The Balaban J connectivity index is 1.70. The second-order valence-electron chi connectivity index (χ2n) is 8.39. The number of allylic oxidation sites excluding steroid dienone is 4. The summed E-state index contributed by atoms with van der Waals surface area (Å²) in [5, 5.41) is 10.2. The highest BCUT2D eigenvalue weighted by atomic mass is 16.3. The average Bonchev–Trinajstić information content (AvgIpc) is 2.74. The molecule has 0 spiro atoms. The first-order valence-corrected chi connectivity index (χ1v) is 8.55. The lowest BCUT2D eigenvalue weighted by Crippen LogP contribution is -2.48. The van der Waals surface area contributed by atoms with E-state index in [4.69, 9.17) is 0 Å². The molecule has 0 heterocycles. The highest BCUT2D eigenvalue weighted by Crippen LogP contribution is 2.64. The van der Waals surface area contributed by atoms with Crippen molar-refractivity contribution in [1.82, 2.24) is 0 Å². The van der Waals surface area contributed by atoms with Crippen molar-refractivity contribution >= 4 is 5.78 Å². The number of carbonyl (C=O) groups is 1. The molecule has 0 aromatic carbocycles. The van der Waals surface area contributed by atoms with Crippen LogP contribution in [0, 0.1) is 28.6 Å². The Kier molecular flexibility index (Phi) is 2.83. The van der Waals surface area contributed by atoms with E-state index < -0.39 is 0 Å². The Morgan fingerprint density at radius 2 is 2.05 bits per heavy atom. The molecule has 0 aliphatic heterocycles. The third-order valence-electron chi connectivity index (χ3n) is 7.30. The zero-order chi connectivity index (χ0) is 14.8. The van der Waals surface area contributed by atoms with Crippen LogP contribution in [-0.4, -0.2) is 17.0 Å². The summed E-state index contributed by atoms with van der Waals surface area (Å²) >= 11 is 0. The Morgan fingerprint density at radius 1 is 1.24 bits per heavy atom. The smallest absolute Gasteiger partial charge is 0.178 e. The quantitative estimate of drug-likeness (QED) is 0.738. The molecule has 0 aromatic heterocycles. The first-order valence-electron chi connectivity index (χ1n) is 8.55. The molecule has 0 radical (unpaired) electrons. The maximum absolute atomic E-state index is 11.7. The van der Waals surface area contributed by atoms with Crippen LogP contribution < -0.4 is 0 Å². The fourth-order valence-electron chi connectivity index (χ4n) is 6.22. The van der Waals surface area contributed by atoms with E-state index in [1.54, 1.807) is 6.08 Å². The highest BCUT2D eigenvalue weighted by molar-refractivity contribution is 6.01. The zero-order valence-corrected chi connectivity index (χ0v) is 13.1. The molecule has 4 rings (SSSR count). The summed E-state index contributed by atoms with van der Waals surface area (Å²) in [6.07, 6.45) is 12.5. The zero-order valence-electron chi connectivity index (χ0n) is 13.1. The van der Waals surface area contributed by atoms with Gasteiger partial charge < -0.3 is 5.11 Å². The van der Waals surface area contributed by atoms with Crippen LogP contribution in [0.3, 0.4) is 0 Å². The van der Waals surface area contributed by atoms with Crippen LogP contribution in [0.2, 0.25) is 0 Å². The van der Waals surface area contributed by atoms with Gasteiger partial charge in [-0.25, -0.2) is 0 Å². The van der Waals surface area contributed by atoms with Gasteiger partial charge in [0.05, 0.1) is 6.10 Å². The number of carbonyl (C=O) groups excluding carboxylic acids is 1. The SMILES string of the molecule is C[C@]12CC[C@H]3[C@@H](CCC4=CC(=O)C=C[C@@]43C)[C@@H]1C[C@H](O)C2. The average molecular weight is 286 g/mol. The van der Waals surface area contributed by atoms with Gasteiger partial charge in [0.25, 0.3) is 0 Å². The minimum atomic E-state index is -0.0908. The highest BCUT2D eigenvalue weighted by Gasteiger charge is 2.57. The predicted molar refractivity (Wildman–Crippen MR) is 82.6 cm³/mol. The number of ketones is 1. The first kappa shape index (κ1) is 13.8. The maximum atomic E-state index is 11.7. The van der Waals surface area contributed by atoms with Crippen molar-refractivity contribution in [3.05, 3.63) is 23.8 Å². The molecule has 114 valence electrons. The number of aliphatic hydroxyl groups excluding tert-OH is 1. The van der Waals surface area contributed by atoms with E-state index in [9.17, 15) is 9.90 Å². The van der Waals surface area contributed by atoms with E-state index in [-0.39, 0.29) is 17.3 Å². The molecule has 1 N–H and O–H groups in total. The molecule has 3 saturated carbocycles. The molecule has 3 fully saturated rings. The molecule has 4 aliphatic carbocycles. The third-order valence-corrected chi connectivity index (χ3v) is 7.30. The van der Waals surface area contributed by atoms with Gasteiger partial charge in [0, 0.05) is 5.41 Å². The number of fused-ring (bicyclic) bond motifs is 5. The van der Waals surface area contributed by atoms with Crippen LogP contribution >= 0.6 is 0 Å². The van der Waals surface area contributed by atoms with Crippen LogP contribution in [-0.2, 0) is 4.79 Å². The Bertz CT molecular complexity index is 546. The molecule has 2 nitrogen and oxygen atoms in total. The van der Waals surface area contributed by atoms with Gasteiger partial charge in [-0.05, 0) is 73.8 Å². The van der Waals surface area contributed by atoms with Crippen molar-refractivity contribution in [3.63, 3.8) is 0 Å². The van der Waals surface area contributed by atoms with Crippen molar-refractivity contribution in [2.24, 2.45) is 28.6 Å². The lowest BCUT2D eigenvalue weighted by Gasteiger charge is -2.56. The lowest BCUT2D eigenvalue weighted by atomic mass is 9.48. The van der Waals surface area contributed by atoms with Crippen molar-refractivity contribution in [3.8, 4) is 0 Å². The summed E-state index contributed by atoms with van der Waals surface area (Å²) in [5.41, 5.74) is 1.80. The van der Waals surface area contributed by atoms with Gasteiger partial charge in [-0.3, -0.25) is 4.79 Å². The first-order chi connectivity index (χ1) is 9.92. The summed E-state index contributed by atoms with van der Waals surface area (Å²) < 4.78 is 0. The van der Waals surface area contributed by atoms with E-state index in [1.807, 2.05) is 6.08 Å². The summed E-state index contributed by atoms with van der Waals surface area (Å²) in [4.78, 5) is 11.7. The van der Waals surface area contributed by atoms with Gasteiger partial charge in [-0.15, -0.1) is 0 Å². The van der Waals surface area contributed by atoms with Crippen LogP contribution in [0.5, 0.6) is 0 Å². The Labute approximate surface area is 127 Å². The summed E-state index contributed by atoms with van der Waals surface area (Å²) in [6.45, 7) is 4.74. The second-order valence-corrected chi connectivity index (χ2v) is 8.39. The molecular formula is C19H26O2.